The molecule has 0 atom stereocenters. The Morgan fingerprint density at radius 1 is 1.36 bits per heavy atom. The van der Waals surface area contributed by atoms with Crippen LogP contribution in [0.2, 0.25) is 0 Å². The molecule has 0 aromatic carbocycles. The highest BCUT2D eigenvalue weighted by Gasteiger charge is 2.00. The van der Waals surface area contributed by atoms with Crippen molar-refractivity contribution in [3.8, 4) is 0 Å². The first-order valence-corrected chi connectivity index (χ1v) is 5.20. The summed E-state index contributed by atoms with van der Waals surface area (Å²) in [6, 6.07) is 2.02. The van der Waals surface area contributed by atoms with Gasteiger partial charge in [-0.25, -0.2) is 9.97 Å². The molecule has 0 aliphatic carbocycles. The van der Waals surface area contributed by atoms with Crippen LogP contribution >= 0.6 is 0 Å². The van der Waals surface area contributed by atoms with E-state index >= 15 is 0 Å². The van der Waals surface area contributed by atoms with Crippen molar-refractivity contribution in [2.45, 2.75) is 34.1 Å². The van der Waals surface area contributed by atoms with Gasteiger partial charge in [0, 0.05) is 18.3 Å². The molecule has 0 fully saturated rings. The second kappa shape index (κ2) is 4.94. The van der Waals surface area contributed by atoms with Gasteiger partial charge in [-0.05, 0) is 19.3 Å². The first kappa shape index (κ1) is 11.0. The lowest BCUT2D eigenvalue weighted by Gasteiger charge is -2.09. The fourth-order valence-corrected chi connectivity index (χ4v) is 1.21. The molecule has 0 amide bonds. The minimum Gasteiger partial charge on any atom is -0.370 e. The van der Waals surface area contributed by atoms with Crippen LogP contribution in [0.1, 0.15) is 32.3 Å². The van der Waals surface area contributed by atoms with Crippen molar-refractivity contribution in [1.29, 1.82) is 0 Å². The van der Waals surface area contributed by atoms with Crippen LogP contribution in [0.25, 0.3) is 0 Å². The number of hydrogen-bond acceptors (Lipinski definition) is 3. The second-order valence-corrected chi connectivity index (χ2v) is 3.92. The summed E-state index contributed by atoms with van der Waals surface area (Å²) in [4.78, 5) is 8.66. The third kappa shape index (κ3) is 3.32. The molecule has 3 heteroatoms. The molecule has 1 aromatic heterocycles. The van der Waals surface area contributed by atoms with Gasteiger partial charge in [0.2, 0.25) is 0 Å². The maximum Gasteiger partial charge on any atom is 0.129 e. The molecule has 78 valence electrons. The summed E-state index contributed by atoms with van der Waals surface area (Å²) in [6.07, 6.45) is 0.958. The van der Waals surface area contributed by atoms with Gasteiger partial charge in [0.1, 0.15) is 11.6 Å². The second-order valence-electron chi connectivity index (χ2n) is 3.92. The number of aromatic nitrogens is 2. The monoisotopic (exact) mass is 193 g/mol. The van der Waals surface area contributed by atoms with Crippen LogP contribution in [-0.2, 0) is 6.42 Å². The van der Waals surface area contributed by atoms with Gasteiger partial charge in [-0.2, -0.15) is 0 Å². The highest BCUT2D eigenvalue weighted by Crippen LogP contribution is 2.07. The lowest BCUT2D eigenvalue weighted by atomic mass is 10.2. The number of rotatable bonds is 4. The Hall–Kier alpha value is -1.12. The van der Waals surface area contributed by atoms with Gasteiger partial charge in [-0.15, -0.1) is 0 Å². The molecule has 0 spiro atoms. The number of hydrogen-bond donors (Lipinski definition) is 1. The van der Waals surface area contributed by atoms with Crippen LogP contribution in [0.15, 0.2) is 6.07 Å². The van der Waals surface area contributed by atoms with Gasteiger partial charge in [0.25, 0.3) is 0 Å². The summed E-state index contributed by atoms with van der Waals surface area (Å²) < 4.78 is 0. The fraction of sp³-hybridized carbons (Fsp3) is 0.636. The summed E-state index contributed by atoms with van der Waals surface area (Å²) in [7, 11) is 0. The van der Waals surface area contributed by atoms with Gasteiger partial charge in [0.05, 0.1) is 0 Å². The minimum atomic E-state index is 0.635. The van der Waals surface area contributed by atoms with E-state index in [2.05, 4.69) is 36.1 Å². The van der Waals surface area contributed by atoms with Crippen molar-refractivity contribution >= 4 is 5.82 Å². The normalized spacial score (nSPS) is 10.6. The molecule has 1 heterocycles. The van der Waals surface area contributed by atoms with Crippen LogP contribution in [0.5, 0.6) is 0 Å². The quantitative estimate of drug-likeness (QED) is 0.798. The Kier molecular flexibility index (Phi) is 3.86. The molecule has 0 radical (unpaired) electrons. The van der Waals surface area contributed by atoms with Crippen molar-refractivity contribution < 1.29 is 0 Å². The average molecular weight is 193 g/mol. The smallest absolute Gasteiger partial charge is 0.129 e. The van der Waals surface area contributed by atoms with E-state index in [0.717, 1.165) is 30.3 Å². The molecule has 1 aromatic rings. The Labute approximate surface area is 86.0 Å². The zero-order valence-corrected chi connectivity index (χ0v) is 9.46. The first-order chi connectivity index (χ1) is 6.61. The van der Waals surface area contributed by atoms with Crippen molar-refractivity contribution in [2.24, 2.45) is 5.92 Å². The summed E-state index contributed by atoms with van der Waals surface area (Å²) >= 11 is 0. The van der Waals surface area contributed by atoms with E-state index in [9.17, 15) is 0 Å². The standard InChI is InChI=1S/C11H19N3/c1-5-10-6-11(12-7-8(2)3)14-9(4)13-10/h6,8H,5,7H2,1-4H3,(H,12,13,14). The third-order valence-corrected chi connectivity index (χ3v) is 1.94. The van der Waals surface area contributed by atoms with Crippen molar-refractivity contribution in [2.75, 3.05) is 11.9 Å². The highest BCUT2D eigenvalue weighted by atomic mass is 15.0. The van der Waals surface area contributed by atoms with Crippen molar-refractivity contribution in [3.05, 3.63) is 17.6 Å². The van der Waals surface area contributed by atoms with E-state index < -0.39 is 0 Å². The summed E-state index contributed by atoms with van der Waals surface area (Å²) in [6.45, 7) is 9.36. The molecule has 0 aliphatic rings. The molecule has 14 heavy (non-hydrogen) atoms. The summed E-state index contributed by atoms with van der Waals surface area (Å²) in [5, 5.41) is 3.31. The van der Waals surface area contributed by atoms with E-state index in [1.54, 1.807) is 0 Å². The minimum absolute atomic E-state index is 0.635. The molecule has 0 unspecified atom stereocenters. The van der Waals surface area contributed by atoms with Gasteiger partial charge in [-0.1, -0.05) is 20.8 Å². The Morgan fingerprint density at radius 2 is 2.07 bits per heavy atom. The first-order valence-electron chi connectivity index (χ1n) is 5.20. The van der Waals surface area contributed by atoms with Crippen LogP contribution in [0.4, 0.5) is 5.82 Å². The summed E-state index contributed by atoms with van der Waals surface area (Å²) in [5.41, 5.74) is 1.10. The molecular formula is C11H19N3. The lowest BCUT2D eigenvalue weighted by molar-refractivity contribution is 0.686. The van der Waals surface area contributed by atoms with Gasteiger partial charge >= 0.3 is 0 Å². The van der Waals surface area contributed by atoms with E-state index in [1.807, 2.05) is 13.0 Å². The third-order valence-electron chi connectivity index (χ3n) is 1.94. The van der Waals surface area contributed by atoms with Crippen LogP contribution in [0.3, 0.4) is 0 Å². The number of anilines is 1. The molecular weight excluding hydrogens is 174 g/mol. The summed E-state index contributed by atoms with van der Waals surface area (Å²) in [5.74, 6) is 2.43. The van der Waals surface area contributed by atoms with Gasteiger partial charge in [0.15, 0.2) is 0 Å². The molecule has 0 saturated carbocycles. The maximum absolute atomic E-state index is 4.33. The Morgan fingerprint density at radius 3 is 2.64 bits per heavy atom. The van der Waals surface area contributed by atoms with Crippen LogP contribution < -0.4 is 5.32 Å². The largest absolute Gasteiger partial charge is 0.370 e. The zero-order chi connectivity index (χ0) is 10.6. The number of aryl methyl sites for hydroxylation is 2. The predicted molar refractivity (Wildman–Crippen MR) is 59.5 cm³/mol. The van der Waals surface area contributed by atoms with Gasteiger partial charge in [-0.3, -0.25) is 0 Å². The van der Waals surface area contributed by atoms with Crippen molar-refractivity contribution in [1.82, 2.24) is 9.97 Å². The average Bonchev–Trinajstić information content (AvgIpc) is 2.14. The molecule has 1 N–H and O–H groups in total. The molecule has 0 saturated heterocycles. The Bertz CT molecular complexity index is 295. The Balaban J connectivity index is 2.71. The molecule has 3 nitrogen and oxygen atoms in total. The SMILES string of the molecule is CCc1cc(NCC(C)C)nc(C)n1. The molecule has 1 rings (SSSR count). The van der Waals surface area contributed by atoms with E-state index in [-0.39, 0.29) is 0 Å². The van der Waals surface area contributed by atoms with E-state index in [1.165, 1.54) is 0 Å². The predicted octanol–water partition coefficient (Wildman–Crippen LogP) is 2.42. The number of nitrogens with zero attached hydrogens (tertiary/aromatic N) is 2. The highest BCUT2D eigenvalue weighted by molar-refractivity contribution is 5.35. The molecule has 0 aliphatic heterocycles. The molecule has 0 bridgehead atoms. The van der Waals surface area contributed by atoms with E-state index in [0.29, 0.717) is 5.92 Å². The fourth-order valence-electron chi connectivity index (χ4n) is 1.21. The number of nitrogens with one attached hydrogen (secondary N) is 1. The van der Waals surface area contributed by atoms with Crippen LogP contribution in [0, 0.1) is 12.8 Å². The maximum atomic E-state index is 4.33. The van der Waals surface area contributed by atoms with Crippen LogP contribution in [-0.4, -0.2) is 16.5 Å². The lowest BCUT2D eigenvalue weighted by Crippen LogP contribution is -2.10. The van der Waals surface area contributed by atoms with E-state index in [4.69, 9.17) is 0 Å². The van der Waals surface area contributed by atoms with Gasteiger partial charge < -0.3 is 5.32 Å². The topological polar surface area (TPSA) is 37.8 Å². The zero-order valence-electron chi connectivity index (χ0n) is 9.46. The van der Waals surface area contributed by atoms with Crippen molar-refractivity contribution in [3.63, 3.8) is 0 Å².